The summed E-state index contributed by atoms with van der Waals surface area (Å²) in [5, 5.41) is 8.87. The minimum Gasteiger partial charge on any atom is -0.463 e. The Kier molecular flexibility index (Phi) is 4.80. The van der Waals surface area contributed by atoms with Crippen molar-refractivity contribution in [2.75, 3.05) is 0 Å². The molecule has 3 aromatic rings. The number of allylic oxidation sites excluding steroid dienone is 4. The molecule has 0 N–H and O–H groups in total. The Morgan fingerprint density at radius 2 is 2.10 bits per heavy atom. The van der Waals surface area contributed by atoms with Crippen molar-refractivity contribution in [2.45, 2.75) is 19.8 Å². The van der Waals surface area contributed by atoms with Gasteiger partial charge in [-0.3, -0.25) is 9.78 Å². The summed E-state index contributed by atoms with van der Waals surface area (Å²) in [6.45, 7) is 1.95. The zero-order valence-electron chi connectivity index (χ0n) is 16.8. The number of ether oxygens (including phenoxy) is 2. The molecule has 4 heterocycles. The van der Waals surface area contributed by atoms with Gasteiger partial charge in [-0.1, -0.05) is 18.2 Å². The monoisotopic (exact) mass is 413 g/mol. The van der Waals surface area contributed by atoms with Crippen LogP contribution in [-0.2, 0) is 9.47 Å². The topological polar surface area (TPSA) is 84.1 Å². The van der Waals surface area contributed by atoms with E-state index in [0.717, 1.165) is 29.7 Å². The molecule has 2 aliphatic rings. The molecule has 0 fully saturated rings. The van der Waals surface area contributed by atoms with Crippen molar-refractivity contribution in [1.82, 2.24) is 24.5 Å². The molecule has 0 saturated carbocycles. The lowest BCUT2D eigenvalue weighted by atomic mass is 10.0. The van der Waals surface area contributed by atoms with Crippen LogP contribution in [0.3, 0.4) is 0 Å². The first-order valence-electron chi connectivity index (χ1n) is 9.85. The highest BCUT2D eigenvalue weighted by atomic mass is 16.6. The Balaban J connectivity index is 1.50. The van der Waals surface area contributed by atoms with E-state index < -0.39 is 0 Å². The fourth-order valence-electron chi connectivity index (χ4n) is 3.41. The second kappa shape index (κ2) is 7.91. The summed E-state index contributed by atoms with van der Waals surface area (Å²) >= 11 is 0. The van der Waals surface area contributed by atoms with Crippen LogP contribution in [0.25, 0.3) is 23.0 Å². The molecule has 8 heteroatoms. The van der Waals surface area contributed by atoms with E-state index in [0.29, 0.717) is 17.3 Å². The molecule has 0 saturated heterocycles. The van der Waals surface area contributed by atoms with Gasteiger partial charge in [-0.25, -0.2) is 4.68 Å². The van der Waals surface area contributed by atoms with Gasteiger partial charge >= 0.3 is 0 Å². The summed E-state index contributed by atoms with van der Waals surface area (Å²) in [5.41, 5.74) is 3.29. The summed E-state index contributed by atoms with van der Waals surface area (Å²) in [4.78, 5) is 16.9. The van der Waals surface area contributed by atoms with Crippen molar-refractivity contribution in [3.8, 4) is 17.1 Å². The lowest BCUT2D eigenvalue weighted by Crippen LogP contribution is -2.16. The molecule has 0 bridgehead atoms. The fraction of sp³-hybridized carbons (Fsp3) is 0.130. The van der Waals surface area contributed by atoms with E-state index >= 15 is 0 Å². The second-order valence-corrected chi connectivity index (χ2v) is 7.16. The number of nitrogens with zero attached hydrogens (tertiary/aromatic N) is 5. The molecule has 0 unspecified atom stereocenters. The molecule has 1 aliphatic heterocycles. The molecule has 154 valence electrons. The van der Waals surface area contributed by atoms with Gasteiger partial charge in [-0.2, -0.15) is 14.9 Å². The van der Waals surface area contributed by atoms with Crippen LogP contribution in [0.2, 0.25) is 0 Å². The Hall–Kier alpha value is -4.20. The van der Waals surface area contributed by atoms with Gasteiger partial charge in [0.25, 0.3) is 5.88 Å². The van der Waals surface area contributed by atoms with E-state index in [2.05, 4.69) is 21.3 Å². The van der Waals surface area contributed by atoms with Crippen LogP contribution in [0.1, 0.15) is 18.4 Å². The lowest BCUT2D eigenvalue weighted by Gasteiger charge is -2.20. The van der Waals surface area contributed by atoms with E-state index in [9.17, 15) is 4.79 Å². The third-order valence-electron chi connectivity index (χ3n) is 4.92. The molecule has 0 amide bonds. The predicted molar refractivity (Wildman–Crippen MR) is 115 cm³/mol. The van der Waals surface area contributed by atoms with E-state index in [1.807, 2.05) is 25.1 Å². The van der Waals surface area contributed by atoms with E-state index in [4.69, 9.17) is 9.47 Å². The predicted octanol–water partition coefficient (Wildman–Crippen LogP) is 3.72. The first-order valence-corrected chi connectivity index (χ1v) is 9.85. The molecule has 5 rings (SSSR count). The maximum Gasteiger partial charge on any atom is 0.257 e. The van der Waals surface area contributed by atoms with Crippen molar-refractivity contribution in [3.63, 3.8) is 0 Å². The summed E-state index contributed by atoms with van der Waals surface area (Å²) in [7, 11) is 0. The number of aryl methyl sites for hydroxylation is 1. The average Bonchev–Trinajstić information content (AvgIpc) is 3.30. The van der Waals surface area contributed by atoms with Gasteiger partial charge in [0.15, 0.2) is 17.7 Å². The van der Waals surface area contributed by atoms with Crippen molar-refractivity contribution in [1.29, 1.82) is 0 Å². The minimum atomic E-state index is -0.230. The van der Waals surface area contributed by atoms with Crippen LogP contribution < -0.4 is 5.43 Å². The quantitative estimate of drug-likeness (QED) is 0.648. The van der Waals surface area contributed by atoms with E-state index in [1.54, 1.807) is 41.8 Å². The molecule has 0 atom stereocenters. The first-order chi connectivity index (χ1) is 15.2. The Morgan fingerprint density at radius 1 is 1.16 bits per heavy atom. The van der Waals surface area contributed by atoms with E-state index in [1.165, 1.54) is 17.0 Å². The zero-order chi connectivity index (χ0) is 21.2. The molecular weight excluding hydrogens is 394 g/mol. The first kappa shape index (κ1) is 18.8. The molecule has 3 aromatic heterocycles. The van der Waals surface area contributed by atoms with Gasteiger partial charge in [0.1, 0.15) is 12.0 Å². The Morgan fingerprint density at radius 3 is 2.94 bits per heavy atom. The number of hydrogen-bond donors (Lipinski definition) is 0. The summed E-state index contributed by atoms with van der Waals surface area (Å²) in [5.74, 6) is 0.967. The largest absolute Gasteiger partial charge is 0.463 e. The third-order valence-corrected chi connectivity index (χ3v) is 4.92. The maximum absolute atomic E-state index is 12.7. The minimum absolute atomic E-state index is 0.230. The average molecular weight is 413 g/mol. The molecule has 31 heavy (non-hydrogen) atoms. The van der Waals surface area contributed by atoms with Gasteiger partial charge in [-0.15, -0.1) is 0 Å². The maximum atomic E-state index is 12.7. The van der Waals surface area contributed by atoms with Gasteiger partial charge in [0.2, 0.25) is 5.43 Å². The van der Waals surface area contributed by atoms with Crippen molar-refractivity contribution in [2.24, 2.45) is 0 Å². The standard InChI is InChI=1S/C23H19N5O3/c1-16-11-18(13-24-12-16)27-10-8-20(29)23(26-27)19-7-9-25-28(19)22-15-30-14-21(31-22)17-5-3-2-4-6-17/h2-3,5,7-15H,4,6H2,1H3. The van der Waals surface area contributed by atoms with Crippen LogP contribution in [-0.4, -0.2) is 24.5 Å². The highest BCUT2D eigenvalue weighted by molar-refractivity contribution is 5.59. The van der Waals surface area contributed by atoms with Gasteiger partial charge < -0.3 is 9.47 Å². The normalized spacial score (nSPS) is 15.5. The molecule has 0 spiro atoms. The second-order valence-electron chi connectivity index (χ2n) is 7.16. The highest BCUT2D eigenvalue weighted by Crippen LogP contribution is 2.29. The third kappa shape index (κ3) is 3.71. The molecule has 0 aromatic carbocycles. The lowest BCUT2D eigenvalue weighted by molar-refractivity contribution is 0.265. The fourth-order valence-corrected chi connectivity index (χ4v) is 3.41. The molecule has 0 radical (unpaired) electrons. The SMILES string of the molecule is Cc1cncc(-n2ccc(=O)c(-c3ccnn3C3=COC=C(C4=CC=CCC4)O3)n2)c1. The summed E-state index contributed by atoms with van der Waals surface area (Å²) in [6, 6.07) is 5.13. The Labute approximate surface area is 178 Å². The van der Waals surface area contributed by atoms with E-state index in [-0.39, 0.29) is 11.1 Å². The van der Waals surface area contributed by atoms with Crippen molar-refractivity contribution >= 4 is 5.88 Å². The molecular formula is C23H19N5O3. The van der Waals surface area contributed by atoms with Crippen LogP contribution in [0, 0.1) is 6.92 Å². The highest BCUT2D eigenvalue weighted by Gasteiger charge is 2.21. The number of pyridine rings is 1. The van der Waals surface area contributed by atoms with Gasteiger partial charge in [0.05, 0.1) is 18.1 Å². The molecule has 1 aliphatic carbocycles. The summed E-state index contributed by atoms with van der Waals surface area (Å²) < 4.78 is 14.7. The molecule has 8 nitrogen and oxygen atoms in total. The van der Waals surface area contributed by atoms with Crippen LogP contribution in [0.5, 0.6) is 0 Å². The van der Waals surface area contributed by atoms with Crippen LogP contribution in [0.15, 0.2) is 89.9 Å². The zero-order valence-corrected chi connectivity index (χ0v) is 16.8. The van der Waals surface area contributed by atoms with Crippen LogP contribution >= 0.6 is 0 Å². The van der Waals surface area contributed by atoms with Crippen LogP contribution in [0.4, 0.5) is 0 Å². The van der Waals surface area contributed by atoms with Crippen molar-refractivity contribution < 1.29 is 9.47 Å². The van der Waals surface area contributed by atoms with Gasteiger partial charge in [0, 0.05) is 18.5 Å². The number of aromatic nitrogens is 5. The number of hydrogen-bond acceptors (Lipinski definition) is 6. The number of rotatable bonds is 4. The Bertz CT molecular complexity index is 1330. The smallest absolute Gasteiger partial charge is 0.257 e. The summed E-state index contributed by atoms with van der Waals surface area (Å²) in [6.07, 6.45) is 17.6. The van der Waals surface area contributed by atoms with Gasteiger partial charge in [-0.05, 0) is 43.0 Å². The van der Waals surface area contributed by atoms with Crippen molar-refractivity contribution in [3.05, 3.63) is 101 Å².